The molecule has 0 N–H and O–H groups in total. The predicted octanol–water partition coefficient (Wildman–Crippen LogP) is 4.89. The van der Waals surface area contributed by atoms with E-state index in [2.05, 4.69) is 56.3 Å². The Hall–Kier alpha value is -2.09. The standard InChI is InChI=1S/C22H23NO/c1-21(2)14-24-20(23-21)22-13-6-5-8-15-9-7-11-17(19(15)22)16-10-3-4-12-18(16)22/h3-4,7,9-12H,5-6,8,13-14H2,1-2H3/t22-/m0/s1. The first-order valence-corrected chi connectivity index (χ1v) is 9.07. The second-order valence-electron chi connectivity index (χ2n) is 8.02. The van der Waals surface area contributed by atoms with Crippen LogP contribution in [0.1, 0.15) is 49.8 Å². The van der Waals surface area contributed by atoms with Gasteiger partial charge in [-0.15, -0.1) is 0 Å². The van der Waals surface area contributed by atoms with E-state index in [1.807, 2.05) is 0 Å². The molecule has 0 saturated heterocycles. The van der Waals surface area contributed by atoms with Crippen LogP contribution >= 0.6 is 0 Å². The van der Waals surface area contributed by atoms with Gasteiger partial charge in [0.2, 0.25) is 0 Å². The van der Waals surface area contributed by atoms with Crippen LogP contribution in [0.25, 0.3) is 11.1 Å². The molecule has 0 amide bonds. The molecule has 2 heteroatoms. The molecule has 0 fully saturated rings. The van der Waals surface area contributed by atoms with Crippen molar-refractivity contribution in [2.45, 2.75) is 50.5 Å². The van der Waals surface area contributed by atoms with Crippen LogP contribution in [0, 0.1) is 0 Å². The lowest BCUT2D eigenvalue weighted by Crippen LogP contribution is -2.36. The lowest BCUT2D eigenvalue weighted by molar-refractivity contribution is 0.262. The summed E-state index contributed by atoms with van der Waals surface area (Å²) in [4.78, 5) is 5.05. The largest absolute Gasteiger partial charge is 0.478 e. The maximum absolute atomic E-state index is 6.25. The summed E-state index contributed by atoms with van der Waals surface area (Å²) in [6.45, 7) is 5.02. The highest BCUT2D eigenvalue weighted by Crippen LogP contribution is 2.55. The van der Waals surface area contributed by atoms with E-state index in [9.17, 15) is 0 Å². The number of fused-ring (bicyclic) bond motifs is 3. The zero-order valence-electron chi connectivity index (χ0n) is 14.4. The Labute approximate surface area is 143 Å². The zero-order chi connectivity index (χ0) is 16.4. The van der Waals surface area contributed by atoms with E-state index in [0.29, 0.717) is 6.61 Å². The number of nitrogens with zero attached hydrogens (tertiary/aromatic N) is 1. The van der Waals surface area contributed by atoms with Gasteiger partial charge in [-0.3, -0.25) is 0 Å². The summed E-state index contributed by atoms with van der Waals surface area (Å²) in [7, 11) is 0. The average Bonchev–Trinajstić information content (AvgIpc) is 3.00. The van der Waals surface area contributed by atoms with Gasteiger partial charge in [0, 0.05) is 0 Å². The second kappa shape index (κ2) is 4.72. The molecule has 0 unspecified atom stereocenters. The van der Waals surface area contributed by atoms with Gasteiger partial charge in [0.25, 0.3) is 0 Å². The average molecular weight is 317 g/mol. The number of ether oxygens (including phenoxy) is 1. The first-order chi connectivity index (χ1) is 11.6. The number of aryl methyl sites for hydroxylation is 1. The van der Waals surface area contributed by atoms with E-state index >= 15 is 0 Å². The molecule has 2 aliphatic carbocycles. The van der Waals surface area contributed by atoms with Crippen molar-refractivity contribution >= 4 is 5.90 Å². The second-order valence-corrected chi connectivity index (χ2v) is 8.02. The van der Waals surface area contributed by atoms with E-state index in [1.54, 1.807) is 0 Å². The van der Waals surface area contributed by atoms with Gasteiger partial charge in [0.15, 0.2) is 5.90 Å². The van der Waals surface area contributed by atoms with Crippen LogP contribution in [0.5, 0.6) is 0 Å². The molecule has 24 heavy (non-hydrogen) atoms. The van der Waals surface area contributed by atoms with Gasteiger partial charge in [-0.05, 0) is 60.9 Å². The maximum Gasteiger partial charge on any atom is 0.199 e. The quantitative estimate of drug-likeness (QED) is 0.734. The van der Waals surface area contributed by atoms with Crippen molar-refractivity contribution in [3.05, 3.63) is 59.2 Å². The molecule has 122 valence electrons. The Morgan fingerprint density at radius 1 is 0.958 bits per heavy atom. The smallest absolute Gasteiger partial charge is 0.199 e. The Morgan fingerprint density at radius 3 is 2.62 bits per heavy atom. The third-order valence-corrected chi connectivity index (χ3v) is 5.83. The third-order valence-electron chi connectivity index (χ3n) is 5.83. The molecule has 5 rings (SSSR count). The van der Waals surface area contributed by atoms with Crippen molar-refractivity contribution in [3.63, 3.8) is 0 Å². The molecular weight excluding hydrogens is 294 g/mol. The third kappa shape index (κ3) is 1.74. The van der Waals surface area contributed by atoms with Crippen molar-refractivity contribution in [2.75, 3.05) is 6.61 Å². The van der Waals surface area contributed by atoms with Crippen molar-refractivity contribution in [2.24, 2.45) is 4.99 Å². The lowest BCUT2D eigenvalue weighted by Gasteiger charge is -2.31. The SMILES string of the molecule is CC1(C)COC([C@]23CCCCc4cccc(c42)-c2ccccc23)=N1. The minimum atomic E-state index is -0.174. The number of aliphatic imine (C=N–C) groups is 1. The number of hydrogen-bond donors (Lipinski definition) is 0. The number of hydrogen-bond acceptors (Lipinski definition) is 2. The van der Waals surface area contributed by atoms with E-state index < -0.39 is 0 Å². The molecule has 0 bridgehead atoms. The van der Waals surface area contributed by atoms with Gasteiger partial charge < -0.3 is 4.74 Å². The van der Waals surface area contributed by atoms with Crippen molar-refractivity contribution in [1.29, 1.82) is 0 Å². The van der Waals surface area contributed by atoms with Gasteiger partial charge in [-0.2, -0.15) is 0 Å². The van der Waals surface area contributed by atoms with E-state index in [0.717, 1.165) is 18.7 Å². The summed E-state index contributed by atoms with van der Waals surface area (Å²) in [6, 6.07) is 15.7. The van der Waals surface area contributed by atoms with Crippen LogP contribution in [0.15, 0.2) is 47.5 Å². The van der Waals surface area contributed by atoms with Crippen molar-refractivity contribution in [1.82, 2.24) is 0 Å². The van der Waals surface area contributed by atoms with Crippen molar-refractivity contribution < 1.29 is 4.74 Å². The summed E-state index contributed by atoms with van der Waals surface area (Å²) in [5, 5.41) is 0. The summed E-state index contributed by atoms with van der Waals surface area (Å²) >= 11 is 0. The normalized spacial score (nSPS) is 26.2. The minimum absolute atomic E-state index is 0.122. The number of benzene rings is 2. The molecule has 0 saturated carbocycles. The summed E-state index contributed by atoms with van der Waals surface area (Å²) in [6.07, 6.45) is 4.72. The van der Waals surface area contributed by atoms with Gasteiger partial charge in [0.05, 0.1) is 11.0 Å². The van der Waals surface area contributed by atoms with E-state index in [1.165, 1.54) is 40.7 Å². The van der Waals surface area contributed by atoms with Gasteiger partial charge in [-0.25, -0.2) is 4.99 Å². The molecule has 2 aromatic rings. The zero-order valence-corrected chi connectivity index (χ0v) is 14.4. The lowest BCUT2D eigenvalue weighted by atomic mass is 9.74. The molecule has 0 spiro atoms. The number of rotatable bonds is 1. The molecule has 0 aromatic heterocycles. The topological polar surface area (TPSA) is 21.6 Å². The Morgan fingerprint density at radius 2 is 1.79 bits per heavy atom. The molecule has 1 atom stereocenters. The summed E-state index contributed by atoms with van der Waals surface area (Å²) in [5.74, 6) is 0.952. The van der Waals surface area contributed by atoms with Gasteiger partial charge in [-0.1, -0.05) is 48.9 Å². The van der Waals surface area contributed by atoms with Gasteiger partial charge >= 0.3 is 0 Å². The Kier molecular flexibility index (Phi) is 2.81. The highest BCUT2D eigenvalue weighted by Gasteiger charge is 2.52. The van der Waals surface area contributed by atoms with Gasteiger partial charge in [0.1, 0.15) is 6.61 Å². The molecule has 1 heterocycles. The van der Waals surface area contributed by atoms with Crippen LogP contribution in [-0.2, 0) is 16.6 Å². The Balaban J connectivity index is 1.88. The van der Waals surface area contributed by atoms with Crippen LogP contribution in [-0.4, -0.2) is 18.0 Å². The molecule has 2 nitrogen and oxygen atoms in total. The highest BCUT2D eigenvalue weighted by atomic mass is 16.5. The fraction of sp³-hybridized carbons (Fsp3) is 0.409. The summed E-state index contributed by atoms with van der Waals surface area (Å²) in [5.41, 5.74) is 6.81. The molecular formula is C22H23NO. The maximum atomic E-state index is 6.25. The molecule has 0 radical (unpaired) electrons. The molecule has 1 aliphatic heterocycles. The van der Waals surface area contributed by atoms with Crippen LogP contribution in [0.4, 0.5) is 0 Å². The molecule has 2 aromatic carbocycles. The fourth-order valence-corrected chi connectivity index (χ4v) is 4.86. The fourth-order valence-electron chi connectivity index (χ4n) is 4.86. The minimum Gasteiger partial charge on any atom is -0.478 e. The van der Waals surface area contributed by atoms with Crippen molar-refractivity contribution in [3.8, 4) is 11.1 Å². The monoisotopic (exact) mass is 317 g/mol. The van der Waals surface area contributed by atoms with E-state index in [-0.39, 0.29) is 11.0 Å². The predicted molar refractivity (Wildman–Crippen MR) is 97.7 cm³/mol. The Bertz CT molecular complexity index is 864. The summed E-state index contributed by atoms with van der Waals surface area (Å²) < 4.78 is 6.25. The van der Waals surface area contributed by atoms with E-state index in [4.69, 9.17) is 9.73 Å². The first-order valence-electron chi connectivity index (χ1n) is 9.07. The first kappa shape index (κ1) is 14.3. The van der Waals surface area contributed by atoms with Crippen LogP contribution in [0.3, 0.4) is 0 Å². The highest BCUT2D eigenvalue weighted by molar-refractivity contribution is 6.02. The van der Waals surface area contributed by atoms with Crippen LogP contribution in [0.2, 0.25) is 0 Å². The van der Waals surface area contributed by atoms with Crippen LogP contribution < -0.4 is 0 Å². The molecule has 3 aliphatic rings.